The molecule has 1 heteroatoms. The second kappa shape index (κ2) is 10.7. The molecule has 0 amide bonds. The zero-order valence-electron chi connectivity index (χ0n) is 16.3. The summed E-state index contributed by atoms with van der Waals surface area (Å²) in [4.78, 5) is 0. The van der Waals surface area contributed by atoms with E-state index in [1.165, 1.54) is 41.5 Å². The van der Waals surface area contributed by atoms with Crippen molar-refractivity contribution in [1.82, 2.24) is 0 Å². The van der Waals surface area contributed by atoms with Gasteiger partial charge in [0.15, 0.2) is 0 Å². The smallest absolute Gasteiger partial charge is 0.0720 e. The lowest BCUT2D eigenvalue weighted by Gasteiger charge is -2.13. The molecular weight excluding hydrogens is 328 g/mol. The van der Waals surface area contributed by atoms with Gasteiger partial charge in [0.1, 0.15) is 0 Å². The minimum absolute atomic E-state index is 0.321. The Morgan fingerprint density at radius 3 is 2.15 bits per heavy atom. The number of hydrogen-bond acceptors (Lipinski definition) is 1. The first kappa shape index (κ1) is 19.4. The molecule has 0 fully saturated rings. The van der Waals surface area contributed by atoms with Crippen molar-refractivity contribution < 1.29 is 4.74 Å². The molecule has 140 valence electrons. The second-order valence-electron chi connectivity index (χ2n) is 7.23. The van der Waals surface area contributed by atoms with Crippen molar-refractivity contribution in [2.24, 2.45) is 0 Å². The van der Waals surface area contributed by atoms with Crippen molar-refractivity contribution >= 4 is 0 Å². The lowest BCUT2D eigenvalue weighted by molar-refractivity contribution is 0.0459. The molecule has 0 aliphatic carbocycles. The maximum Gasteiger partial charge on any atom is 0.0720 e. The summed E-state index contributed by atoms with van der Waals surface area (Å²) in [7, 11) is 0. The van der Waals surface area contributed by atoms with Crippen molar-refractivity contribution in [3.8, 4) is 11.1 Å². The Morgan fingerprint density at radius 2 is 1.37 bits per heavy atom. The molecule has 0 heterocycles. The van der Waals surface area contributed by atoms with Crippen LogP contribution in [0.15, 0.2) is 84.9 Å². The van der Waals surface area contributed by atoms with Crippen LogP contribution in [-0.4, -0.2) is 6.10 Å². The second-order valence-corrected chi connectivity index (χ2v) is 7.23. The van der Waals surface area contributed by atoms with E-state index in [0.29, 0.717) is 12.7 Å². The molecule has 0 N–H and O–H groups in total. The highest BCUT2D eigenvalue weighted by Gasteiger charge is 2.05. The lowest BCUT2D eigenvalue weighted by atomic mass is 9.95. The molecule has 3 aromatic carbocycles. The minimum Gasteiger partial charge on any atom is -0.374 e. The first-order valence-electron chi connectivity index (χ1n) is 10.1. The zero-order valence-corrected chi connectivity index (χ0v) is 16.3. The normalized spacial score (nSPS) is 12.0. The number of benzene rings is 3. The molecule has 0 spiro atoms. The van der Waals surface area contributed by atoms with Crippen LogP contribution in [0, 0.1) is 0 Å². The standard InChI is InChI=1S/C26H30O/c1-22(27-21-23-14-6-3-7-15-23)13-5-2-8-16-25-19-11-12-20-26(25)24-17-9-4-10-18-24/h3-4,6-7,9-12,14-15,17-20,22H,2,5,8,13,16,21H2,1H3. The van der Waals surface area contributed by atoms with E-state index in [4.69, 9.17) is 4.74 Å². The maximum absolute atomic E-state index is 5.97. The molecule has 3 aromatic rings. The summed E-state index contributed by atoms with van der Waals surface area (Å²) in [6.07, 6.45) is 6.31. The molecule has 0 saturated heterocycles. The molecule has 0 aliphatic rings. The average molecular weight is 359 g/mol. The third kappa shape index (κ3) is 6.37. The third-order valence-corrected chi connectivity index (χ3v) is 5.04. The topological polar surface area (TPSA) is 9.23 Å². The molecule has 0 aliphatic heterocycles. The molecule has 1 nitrogen and oxygen atoms in total. The lowest BCUT2D eigenvalue weighted by Crippen LogP contribution is -2.08. The number of unbranched alkanes of at least 4 members (excludes halogenated alkanes) is 2. The van der Waals surface area contributed by atoms with E-state index in [0.717, 1.165) is 12.8 Å². The van der Waals surface area contributed by atoms with Crippen molar-refractivity contribution in [2.45, 2.75) is 51.7 Å². The number of rotatable bonds is 10. The summed E-state index contributed by atoms with van der Waals surface area (Å²) in [5, 5.41) is 0. The predicted molar refractivity (Wildman–Crippen MR) is 115 cm³/mol. The van der Waals surface area contributed by atoms with E-state index in [9.17, 15) is 0 Å². The van der Waals surface area contributed by atoms with Gasteiger partial charge in [-0.2, -0.15) is 0 Å². The molecule has 0 radical (unpaired) electrons. The Morgan fingerprint density at radius 1 is 0.704 bits per heavy atom. The van der Waals surface area contributed by atoms with Crippen LogP contribution in [0.2, 0.25) is 0 Å². The average Bonchev–Trinajstić information content (AvgIpc) is 2.74. The Kier molecular flexibility index (Phi) is 7.68. The van der Waals surface area contributed by atoms with Gasteiger partial charge < -0.3 is 4.74 Å². The maximum atomic E-state index is 5.97. The summed E-state index contributed by atoms with van der Waals surface area (Å²) in [5.41, 5.74) is 5.40. The SMILES string of the molecule is CC(CCCCCc1ccccc1-c1ccccc1)OCc1ccccc1. The fourth-order valence-electron chi connectivity index (χ4n) is 3.46. The van der Waals surface area contributed by atoms with Gasteiger partial charge in [0.25, 0.3) is 0 Å². The monoisotopic (exact) mass is 358 g/mol. The van der Waals surface area contributed by atoms with Crippen LogP contribution in [0.5, 0.6) is 0 Å². The van der Waals surface area contributed by atoms with E-state index in [-0.39, 0.29) is 0 Å². The van der Waals surface area contributed by atoms with Gasteiger partial charge in [-0.3, -0.25) is 0 Å². The van der Waals surface area contributed by atoms with Crippen molar-refractivity contribution in [3.05, 3.63) is 96.1 Å². The molecule has 1 unspecified atom stereocenters. The van der Waals surface area contributed by atoms with Gasteiger partial charge in [0, 0.05) is 0 Å². The van der Waals surface area contributed by atoms with Gasteiger partial charge >= 0.3 is 0 Å². The van der Waals surface area contributed by atoms with Crippen LogP contribution in [0.1, 0.15) is 43.7 Å². The summed E-state index contributed by atoms with van der Waals surface area (Å²) in [5.74, 6) is 0. The van der Waals surface area contributed by atoms with Gasteiger partial charge in [0.05, 0.1) is 12.7 Å². The Hall–Kier alpha value is -2.38. The molecule has 27 heavy (non-hydrogen) atoms. The van der Waals surface area contributed by atoms with Crippen LogP contribution in [0.4, 0.5) is 0 Å². The highest BCUT2D eigenvalue weighted by atomic mass is 16.5. The largest absolute Gasteiger partial charge is 0.374 e. The van der Waals surface area contributed by atoms with Crippen molar-refractivity contribution in [2.75, 3.05) is 0 Å². The van der Waals surface area contributed by atoms with Gasteiger partial charge in [-0.1, -0.05) is 97.8 Å². The summed E-state index contributed by atoms with van der Waals surface area (Å²) in [6.45, 7) is 2.90. The summed E-state index contributed by atoms with van der Waals surface area (Å²) in [6, 6.07) is 29.9. The number of aryl methyl sites for hydroxylation is 1. The molecule has 0 bridgehead atoms. The fraction of sp³-hybridized carbons (Fsp3) is 0.308. The summed E-state index contributed by atoms with van der Waals surface area (Å²) < 4.78 is 5.97. The minimum atomic E-state index is 0.321. The molecule has 1 atom stereocenters. The van der Waals surface area contributed by atoms with Gasteiger partial charge in [-0.05, 0) is 48.4 Å². The van der Waals surface area contributed by atoms with Gasteiger partial charge in [-0.15, -0.1) is 0 Å². The fourth-order valence-corrected chi connectivity index (χ4v) is 3.46. The molecule has 0 aromatic heterocycles. The van der Waals surface area contributed by atoms with Crippen LogP contribution in [-0.2, 0) is 17.8 Å². The van der Waals surface area contributed by atoms with Crippen LogP contribution in [0.25, 0.3) is 11.1 Å². The van der Waals surface area contributed by atoms with E-state index >= 15 is 0 Å². The third-order valence-electron chi connectivity index (χ3n) is 5.04. The number of ether oxygens (including phenoxy) is 1. The first-order chi connectivity index (χ1) is 13.3. The predicted octanol–water partition coefficient (Wildman–Crippen LogP) is 7.06. The molecule has 3 rings (SSSR count). The van der Waals surface area contributed by atoms with E-state index in [1.54, 1.807) is 0 Å². The highest BCUT2D eigenvalue weighted by Crippen LogP contribution is 2.25. The summed E-state index contributed by atoms with van der Waals surface area (Å²) >= 11 is 0. The first-order valence-corrected chi connectivity index (χ1v) is 10.1. The Bertz CT molecular complexity index is 780. The van der Waals surface area contributed by atoms with E-state index in [1.807, 2.05) is 6.07 Å². The highest BCUT2D eigenvalue weighted by molar-refractivity contribution is 5.67. The van der Waals surface area contributed by atoms with Crippen LogP contribution >= 0.6 is 0 Å². The Balaban J connectivity index is 1.38. The van der Waals surface area contributed by atoms with E-state index in [2.05, 4.69) is 85.8 Å². The number of hydrogen-bond donors (Lipinski definition) is 0. The Labute approximate surface area is 164 Å². The van der Waals surface area contributed by atoms with Crippen molar-refractivity contribution in [1.29, 1.82) is 0 Å². The van der Waals surface area contributed by atoms with Gasteiger partial charge in [-0.25, -0.2) is 0 Å². The van der Waals surface area contributed by atoms with E-state index < -0.39 is 0 Å². The molecule has 0 saturated carbocycles. The molecular formula is C26H30O. The van der Waals surface area contributed by atoms with Gasteiger partial charge in [0.2, 0.25) is 0 Å². The van der Waals surface area contributed by atoms with Crippen molar-refractivity contribution in [3.63, 3.8) is 0 Å². The van der Waals surface area contributed by atoms with Crippen LogP contribution < -0.4 is 0 Å². The quantitative estimate of drug-likeness (QED) is 0.352. The zero-order chi connectivity index (χ0) is 18.7. The van der Waals surface area contributed by atoms with Crippen LogP contribution in [0.3, 0.4) is 0 Å².